The zero-order valence-corrected chi connectivity index (χ0v) is 10.5. The van der Waals surface area contributed by atoms with E-state index in [0.717, 1.165) is 28.4 Å². The van der Waals surface area contributed by atoms with Crippen LogP contribution in [-0.2, 0) is 6.54 Å². The minimum atomic E-state index is 0.285. The van der Waals surface area contributed by atoms with Crippen molar-refractivity contribution in [3.05, 3.63) is 35.7 Å². The Bertz CT molecular complexity index is 616. The predicted octanol–water partition coefficient (Wildman–Crippen LogP) is 1.71. The van der Waals surface area contributed by atoms with Gasteiger partial charge in [0, 0.05) is 12.1 Å². The number of nitrogen functional groups attached to an aromatic ring is 1. The van der Waals surface area contributed by atoms with Crippen molar-refractivity contribution < 1.29 is 9.47 Å². The highest BCUT2D eigenvalue weighted by Gasteiger charge is 2.13. The Morgan fingerprint density at radius 3 is 3.00 bits per heavy atom. The summed E-state index contributed by atoms with van der Waals surface area (Å²) >= 11 is 0. The van der Waals surface area contributed by atoms with Crippen LogP contribution in [0, 0.1) is 6.92 Å². The number of hydrogen-bond donors (Lipinski definition) is 2. The van der Waals surface area contributed by atoms with Gasteiger partial charge >= 0.3 is 0 Å². The summed E-state index contributed by atoms with van der Waals surface area (Å²) in [6, 6.07) is 5.84. The fourth-order valence-corrected chi connectivity index (χ4v) is 1.88. The third-order valence-electron chi connectivity index (χ3n) is 3.02. The number of anilines is 2. The number of ether oxygens (including phenoxy) is 2. The Morgan fingerprint density at radius 1 is 1.26 bits per heavy atom. The lowest BCUT2D eigenvalue weighted by molar-refractivity contribution is 0.174. The minimum Gasteiger partial charge on any atom is -0.454 e. The molecule has 0 radical (unpaired) electrons. The van der Waals surface area contributed by atoms with E-state index in [-0.39, 0.29) is 6.79 Å². The Morgan fingerprint density at radius 2 is 2.11 bits per heavy atom. The van der Waals surface area contributed by atoms with Gasteiger partial charge in [0.25, 0.3) is 0 Å². The van der Waals surface area contributed by atoms with Crippen LogP contribution in [0.1, 0.15) is 11.1 Å². The van der Waals surface area contributed by atoms with Gasteiger partial charge in [-0.2, -0.15) is 0 Å². The third kappa shape index (κ3) is 2.24. The van der Waals surface area contributed by atoms with Gasteiger partial charge in [-0.1, -0.05) is 6.07 Å². The molecule has 3 rings (SSSR count). The van der Waals surface area contributed by atoms with E-state index in [1.165, 1.54) is 6.33 Å². The van der Waals surface area contributed by atoms with Gasteiger partial charge in [0.1, 0.15) is 18.0 Å². The van der Waals surface area contributed by atoms with Crippen LogP contribution in [-0.4, -0.2) is 16.8 Å². The summed E-state index contributed by atoms with van der Waals surface area (Å²) in [6.07, 6.45) is 1.45. The molecule has 6 heteroatoms. The predicted molar refractivity (Wildman–Crippen MR) is 71.1 cm³/mol. The molecule has 3 N–H and O–H groups in total. The summed E-state index contributed by atoms with van der Waals surface area (Å²) in [4.78, 5) is 8.10. The highest BCUT2D eigenvalue weighted by Crippen LogP contribution is 2.32. The maximum Gasteiger partial charge on any atom is 0.231 e. The van der Waals surface area contributed by atoms with E-state index in [2.05, 4.69) is 15.3 Å². The largest absolute Gasteiger partial charge is 0.454 e. The molecule has 0 atom stereocenters. The van der Waals surface area contributed by atoms with E-state index >= 15 is 0 Å². The van der Waals surface area contributed by atoms with E-state index in [4.69, 9.17) is 15.2 Å². The molecule has 2 heterocycles. The van der Waals surface area contributed by atoms with E-state index in [1.807, 2.05) is 25.1 Å². The summed E-state index contributed by atoms with van der Waals surface area (Å²) in [7, 11) is 0. The molecule has 0 bridgehead atoms. The Balaban J connectivity index is 1.74. The van der Waals surface area contributed by atoms with Crippen LogP contribution < -0.4 is 20.5 Å². The summed E-state index contributed by atoms with van der Waals surface area (Å²) < 4.78 is 10.6. The summed E-state index contributed by atoms with van der Waals surface area (Å²) in [6.45, 7) is 2.80. The molecule has 1 aromatic heterocycles. The number of aromatic nitrogens is 2. The van der Waals surface area contributed by atoms with E-state index in [1.54, 1.807) is 0 Å². The highest BCUT2D eigenvalue weighted by molar-refractivity contribution is 5.54. The minimum absolute atomic E-state index is 0.285. The van der Waals surface area contributed by atoms with Crippen LogP contribution >= 0.6 is 0 Å². The van der Waals surface area contributed by atoms with Gasteiger partial charge < -0.3 is 20.5 Å². The molecule has 0 amide bonds. The number of nitrogens with one attached hydrogen (secondary N) is 1. The van der Waals surface area contributed by atoms with Crippen molar-refractivity contribution >= 4 is 11.6 Å². The third-order valence-corrected chi connectivity index (χ3v) is 3.02. The lowest BCUT2D eigenvalue weighted by Gasteiger charge is -2.09. The average molecular weight is 258 g/mol. The molecule has 1 aromatic carbocycles. The molecular weight excluding hydrogens is 244 g/mol. The molecular formula is C13H14N4O2. The van der Waals surface area contributed by atoms with E-state index < -0.39 is 0 Å². The molecule has 1 aliphatic rings. The molecule has 0 spiro atoms. The molecule has 0 saturated heterocycles. The number of nitrogens with zero attached hydrogens (tertiary/aromatic N) is 2. The maximum atomic E-state index is 5.74. The van der Waals surface area contributed by atoms with Crippen molar-refractivity contribution in [1.82, 2.24) is 9.97 Å². The first-order valence-corrected chi connectivity index (χ1v) is 5.93. The fourth-order valence-electron chi connectivity index (χ4n) is 1.88. The normalized spacial score (nSPS) is 12.5. The Kier molecular flexibility index (Phi) is 2.83. The molecule has 19 heavy (non-hydrogen) atoms. The van der Waals surface area contributed by atoms with Crippen LogP contribution in [0.25, 0.3) is 0 Å². The second-order valence-electron chi connectivity index (χ2n) is 4.27. The van der Waals surface area contributed by atoms with Crippen LogP contribution in [0.2, 0.25) is 0 Å². The first-order chi connectivity index (χ1) is 9.24. The van der Waals surface area contributed by atoms with Gasteiger partial charge in [-0.15, -0.1) is 0 Å². The smallest absolute Gasteiger partial charge is 0.231 e. The summed E-state index contributed by atoms with van der Waals surface area (Å²) in [5.41, 5.74) is 7.67. The number of nitrogens with two attached hydrogens (primary N) is 1. The van der Waals surface area contributed by atoms with Crippen molar-refractivity contribution in [3.8, 4) is 11.5 Å². The Hall–Kier alpha value is -2.50. The molecule has 0 fully saturated rings. The molecule has 98 valence electrons. The van der Waals surface area contributed by atoms with Crippen LogP contribution in [0.4, 0.5) is 11.6 Å². The van der Waals surface area contributed by atoms with E-state index in [0.29, 0.717) is 12.4 Å². The monoisotopic (exact) mass is 258 g/mol. The van der Waals surface area contributed by atoms with Crippen LogP contribution in [0.5, 0.6) is 11.5 Å². The van der Waals surface area contributed by atoms with Gasteiger partial charge in [0.05, 0.1) is 0 Å². The zero-order valence-electron chi connectivity index (χ0n) is 10.5. The lowest BCUT2D eigenvalue weighted by atomic mass is 10.2. The molecule has 6 nitrogen and oxygen atoms in total. The summed E-state index contributed by atoms with van der Waals surface area (Å²) in [5, 5.41) is 3.23. The maximum absolute atomic E-state index is 5.74. The molecule has 0 aliphatic carbocycles. The van der Waals surface area contributed by atoms with Gasteiger partial charge in [-0.05, 0) is 24.6 Å². The fraction of sp³-hybridized carbons (Fsp3) is 0.231. The van der Waals surface area contributed by atoms with Crippen molar-refractivity contribution in [2.45, 2.75) is 13.5 Å². The van der Waals surface area contributed by atoms with Crippen molar-refractivity contribution in [2.75, 3.05) is 17.8 Å². The molecule has 1 aliphatic heterocycles. The number of hydrogen-bond acceptors (Lipinski definition) is 6. The highest BCUT2D eigenvalue weighted by atomic mass is 16.7. The molecule has 2 aromatic rings. The first kappa shape index (κ1) is 11.6. The van der Waals surface area contributed by atoms with Crippen molar-refractivity contribution in [2.24, 2.45) is 0 Å². The van der Waals surface area contributed by atoms with E-state index in [9.17, 15) is 0 Å². The Labute approximate surface area is 110 Å². The van der Waals surface area contributed by atoms with Crippen molar-refractivity contribution in [3.63, 3.8) is 0 Å². The SMILES string of the molecule is Cc1c(N)ncnc1NCc1ccc2c(c1)OCO2. The van der Waals surface area contributed by atoms with Crippen LogP contribution in [0.15, 0.2) is 24.5 Å². The second-order valence-corrected chi connectivity index (χ2v) is 4.27. The molecule has 0 saturated carbocycles. The number of fused-ring (bicyclic) bond motifs is 1. The van der Waals surface area contributed by atoms with Gasteiger partial charge in [0.15, 0.2) is 11.5 Å². The van der Waals surface area contributed by atoms with Crippen molar-refractivity contribution in [1.29, 1.82) is 0 Å². The summed E-state index contributed by atoms with van der Waals surface area (Å²) in [5.74, 6) is 2.79. The van der Waals surface area contributed by atoms with Gasteiger partial charge in [-0.25, -0.2) is 9.97 Å². The zero-order chi connectivity index (χ0) is 13.2. The quantitative estimate of drug-likeness (QED) is 0.872. The molecule has 0 unspecified atom stereocenters. The van der Waals surface area contributed by atoms with Gasteiger partial charge in [-0.3, -0.25) is 0 Å². The van der Waals surface area contributed by atoms with Crippen LogP contribution in [0.3, 0.4) is 0 Å². The first-order valence-electron chi connectivity index (χ1n) is 5.93. The number of rotatable bonds is 3. The standard InChI is InChI=1S/C13H14N4O2/c1-8-12(14)16-6-17-13(8)15-5-9-2-3-10-11(4-9)19-7-18-10/h2-4,6H,5,7H2,1H3,(H3,14,15,16,17). The van der Waals surface area contributed by atoms with Gasteiger partial charge in [0.2, 0.25) is 6.79 Å². The average Bonchev–Trinajstić information content (AvgIpc) is 2.88. The number of benzene rings is 1. The second kappa shape index (κ2) is 4.64. The topological polar surface area (TPSA) is 82.3 Å². The lowest BCUT2D eigenvalue weighted by Crippen LogP contribution is -2.06.